The van der Waals surface area contributed by atoms with Crippen LogP contribution < -0.4 is 0 Å². The standard InChI is InChI=1S/C7H12F3NO3S.C2H6/c1-11-4-2-6(3-5-11)14-15(12,13)7(8,9)10;1-2/h6H,2-5H2,1H3;1-2H3. The van der Waals surface area contributed by atoms with Gasteiger partial charge < -0.3 is 4.90 Å². The monoisotopic (exact) mass is 277 g/mol. The van der Waals surface area contributed by atoms with Crippen LogP contribution in [0.2, 0.25) is 0 Å². The van der Waals surface area contributed by atoms with Gasteiger partial charge in [0.1, 0.15) is 0 Å². The average molecular weight is 277 g/mol. The molecule has 0 aromatic rings. The van der Waals surface area contributed by atoms with Gasteiger partial charge in [0, 0.05) is 13.1 Å². The molecule has 0 bridgehead atoms. The van der Waals surface area contributed by atoms with E-state index in [-0.39, 0.29) is 0 Å². The molecule has 1 saturated heterocycles. The van der Waals surface area contributed by atoms with E-state index in [1.54, 1.807) is 0 Å². The van der Waals surface area contributed by atoms with E-state index in [2.05, 4.69) is 4.18 Å². The van der Waals surface area contributed by atoms with Gasteiger partial charge in [-0.3, -0.25) is 4.18 Å². The maximum Gasteiger partial charge on any atom is 0.523 e. The number of halogens is 3. The van der Waals surface area contributed by atoms with Gasteiger partial charge in [0.15, 0.2) is 0 Å². The van der Waals surface area contributed by atoms with Crippen molar-refractivity contribution in [1.82, 2.24) is 4.90 Å². The second kappa shape index (κ2) is 6.55. The molecule has 1 aliphatic heterocycles. The SMILES string of the molecule is CC.CN1CCC(OS(=O)(=O)C(F)(F)F)CC1. The van der Waals surface area contributed by atoms with Crippen molar-refractivity contribution in [3.8, 4) is 0 Å². The van der Waals surface area contributed by atoms with Gasteiger partial charge in [-0.1, -0.05) is 13.8 Å². The number of alkyl halides is 3. The van der Waals surface area contributed by atoms with Gasteiger partial charge in [-0.05, 0) is 19.9 Å². The van der Waals surface area contributed by atoms with E-state index in [4.69, 9.17) is 0 Å². The first-order chi connectivity index (χ1) is 7.72. The number of piperidine rings is 1. The summed E-state index contributed by atoms with van der Waals surface area (Å²) in [5, 5.41) is 0. The first kappa shape index (κ1) is 16.7. The van der Waals surface area contributed by atoms with Crippen molar-refractivity contribution < 1.29 is 25.8 Å². The molecule has 0 aromatic heterocycles. The molecule has 17 heavy (non-hydrogen) atoms. The van der Waals surface area contributed by atoms with Crippen LogP contribution in [0.5, 0.6) is 0 Å². The van der Waals surface area contributed by atoms with Crippen molar-refractivity contribution in [2.75, 3.05) is 20.1 Å². The summed E-state index contributed by atoms with van der Waals surface area (Å²) in [6.07, 6.45) is -0.259. The van der Waals surface area contributed by atoms with E-state index in [1.807, 2.05) is 25.8 Å². The molecule has 1 aliphatic rings. The minimum Gasteiger partial charge on any atom is -0.306 e. The highest BCUT2D eigenvalue weighted by Gasteiger charge is 2.48. The van der Waals surface area contributed by atoms with Crippen LogP contribution in [-0.4, -0.2) is 45.1 Å². The molecule has 0 amide bonds. The van der Waals surface area contributed by atoms with Crippen molar-refractivity contribution in [2.24, 2.45) is 0 Å². The van der Waals surface area contributed by atoms with E-state index in [1.165, 1.54) is 0 Å². The summed E-state index contributed by atoms with van der Waals surface area (Å²) in [7, 11) is -3.62. The lowest BCUT2D eigenvalue weighted by Gasteiger charge is -2.28. The lowest BCUT2D eigenvalue weighted by molar-refractivity contribution is -0.0591. The maximum absolute atomic E-state index is 11.9. The van der Waals surface area contributed by atoms with E-state index >= 15 is 0 Å². The second-order valence-corrected chi connectivity index (χ2v) is 5.06. The summed E-state index contributed by atoms with van der Waals surface area (Å²) in [4.78, 5) is 1.90. The molecule has 0 aromatic carbocycles. The highest BCUT2D eigenvalue weighted by Crippen LogP contribution is 2.27. The molecular weight excluding hydrogens is 259 g/mol. The maximum atomic E-state index is 11.9. The lowest BCUT2D eigenvalue weighted by Crippen LogP contribution is -2.38. The van der Waals surface area contributed by atoms with Crippen molar-refractivity contribution >= 4 is 10.1 Å². The molecule has 0 N–H and O–H groups in total. The van der Waals surface area contributed by atoms with Crippen LogP contribution in [0.3, 0.4) is 0 Å². The Morgan fingerprint density at radius 1 is 1.18 bits per heavy atom. The highest BCUT2D eigenvalue weighted by atomic mass is 32.2. The molecule has 0 atom stereocenters. The summed E-state index contributed by atoms with van der Waals surface area (Å²) in [5.41, 5.74) is -5.32. The molecule has 1 fully saturated rings. The molecule has 4 nitrogen and oxygen atoms in total. The van der Waals surface area contributed by atoms with Gasteiger partial charge in [0.2, 0.25) is 0 Å². The summed E-state index contributed by atoms with van der Waals surface area (Å²) < 4.78 is 61.2. The fraction of sp³-hybridized carbons (Fsp3) is 1.00. The van der Waals surface area contributed by atoms with Gasteiger partial charge >= 0.3 is 15.6 Å². The quantitative estimate of drug-likeness (QED) is 0.572. The van der Waals surface area contributed by atoms with Gasteiger partial charge in [-0.2, -0.15) is 21.6 Å². The Bertz CT molecular complexity index is 308. The van der Waals surface area contributed by atoms with Crippen LogP contribution in [0.15, 0.2) is 0 Å². The first-order valence-corrected chi connectivity index (χ1v) is 6.81. The van der Waals surface area contributed by atoms with E-state index in [0.717, 1.165) is 0 Å². The molecular formula is C9H18F3NO3S. The van der Waals surface area contributed by atoms with Crippen LogP contribution in [0.4, 0.5) is 13.2 Å². The third kappa shape index (κ3) is 5.22. The smallest absolute Gasteiger partial charge is 0.306 e. The molecule has 0 spiro atoms. The van der Waals surface area contributed by atoms with Crippen LogP contribution in [0.25, 0.3) is 0 Å². The van der Waals surface area contributed by atoms with Gasteiger partial charge in [-0.25, -0.2) is 0 Å². The summed E-state index contributed by atoms with van der Waals surface area (Å²) in [6.45, 7) is 5.08. The van der Waals surface area contributed by atoms with E-state index in [0.29, 0.717) is 25.9 Å². The highest BCUT2D eigenvalue weighted by molar-refractivity contribution is 7.87. The summed E-state index contributed by atoms with van der Waals surface area (Å²) in [6, 6.07) is 0. The Morgan fingerprint density at radius 3 is 1.94 bits per heavy atom. The lowest BCUT2D eigenvalue weighted by atomic mass is 10.1. The van der Waals surface area contributed by atoms with E-state index < -0.39 is 21.7 Å². The van der Waals surface area contributed by atoms with E-state index in [9.17, 15) is 21.6 Å². The van der Waals surface area contributed by atoms with Gasteiger partial charge in [0.05, 0.1) is 6.10 Å². The van der Waals surface area contributed by atoms with Gasteiger partial charge in [-0.15, -0.1) is 0 Å². The minimum absolute atomic E-state index is 0.297. The number of hydrogen-bond donors (Lipinski definition) is 0. The number of rotatable bonds is 2. The van der Waals surface area contributed by atoms with Crippen molar-refractivity contribution in [3.05, 3.63) is 0 Å². The zero-order chi connectivity index (χ0) is 13.7. The molecule has 1 heterocycles. The summed E-state index contributed by atoms with van der Waals surface area (Å²) >= 11 is 0. The molecule has 0 saturated carbocycles. The van der Waals surface area contributed by atoms with Crippen LogP contribution in [0, 0.1) is 0 Å². The Morgan fingerprint density at radius 2 is 1.59 bits per heavy atom. The Kier molecular flexibility index (Phi) is 6.42. The Labute approximate surface area is 99.9 Å². The predicted molar refractivity (Wildman–Crippen MR) is 57.9 cm³/mol. The Balaban J connectivity index is 0.00000121. The van der Waals surface area contributed by atoms with Crippen LogP contribution in [-0.2, 0) is 14.3 Å². The molecule has 0 radical (unpaired) electrons. The van der Waals surface area contributed by atoms with Crippen molar-refractivity contribution in [3.63, 3.8) is 0 Å². The fourth-order valence-electron chi connectivity index (χ4n) is 1.31. The predicted octanol–water partition coefficient (Wildman–Crippen LogP) is 1.97. The molecule has 0 aliphatic carbocycles. The number of nitrogens with zero attached hydrogens (tertiary/aromatic N) is 1. The second-order valence-electron chi connectivity index (χ2n) is 3.50. The van der Waals surface area contributed by atoms with Crippen molar-refractivity contribution in [2.45, 2.75) is 38.3 Å². The normalized spacial score (nSPS) is 19.6. The fourth-order valence-corrected chi connectivity index (χ4v) is 1.97. The van der Waals surface area contributed by atoms with Crippen LogP contribution >= 0.6 is 0 Å². The van der Waals surface area contributed by atoms with Gasteiger partial charge in [0.25, 0.3) is 0 Å². The first-order valence-electron chi connectivity index (χ1n) is 5.40. The molecule has 1 rings (SSSR count). The third-order valence-electron chi connectivity index (χ3n) is 2.21. The molecule has 8 heteroatoms. The summed E-state index contributed by atoms with van der Waals surface area (Å²) in [5.74, 6) is 0. The topological polar surface area (TPSA) is 46.6 Å². The third-order valence-corrected chi connectivity index (χ3v) is 3.30. The van der Waals surface area contributed by atoms with Crippen LogP contribution in [0.1, 0.15) is 26.7 Å². The average Bonchev–Trinajstić information content (AvgIpc) is 2.22. The largest absolute Gasteiger partial charge is 0.523 e. The Hall–Kier alpha value is -0.340. The zero-order valence-corrected chi connectivity index (χ0v) is 10.9. The minimum atomic E-state index is -5.43. The zero-order valence-electron chi connectivity index (χ0n) is 10.1. The number of likely N-dealkylation sites (tertiary alicyclic amines) is 1. The molecule has 0 unspecified atom stereocenters. The van der Waals surface area contributed by atoms with Crippen molar-refractivity contribution in [1.29, 1.82) is 0 Å². The molecule has 104 valence electrons. The number of hydrogen-bond acceptors (Lipinski definition) is 4.